The van der Waals surface area contributed by atoms with Crippen molar-refractivity contribution in [3.63, 3.8) is 0 Å². The second kappa shape index (κ2) is 5.42. The third-order valence-electron chi connectivity index (χ3n) is 2.53. The highest BCUT2D eigenvalue weighted by molar-refractivity contribution is 7.98. The van der Waals surface area contributed by atoms with E-state index >= 15 is 0 Å². The minimum Gasteiger partial charge on any atom is -0.489 e. The average molecular weight is 224 g/mol. The van der Waals surface area contributed by atoms with Gasteiger partial charge in [-0.2, -0.15) is 0 Å². The van der Waals surface area contributed by atoms with E-state index in [0.29, 0.717) is 6.10 Å². The van der Waals surface area contributed by atoms with Gasteiger partial charge in [0.15, 0.2) is 0 Å². The maximum atomic E-state index is 5.98. The lowest BCUT2D eigenvalue weighted by Gasteiger charge is -2.24. The van der Waals surface area contributed by atoms with Crippen LogP contribution in [0.5, 0.6) is 5.75 Å². The van der Waals surface area contributed by atoms with Crippen molar-refractivity contribution in [2.45, 2.75) is 23.8 Å². The van der Waals surface area contributed by atoms with Crippen molar-refractivity contribution in [3.8, 4) is 5.75 Å². The van der Waals surface area contributed by atoms with Crippen LogP contribution in [0.2, 0.25) is 0 Å². The Labute approximate surface area is 95.0 Å². The molecule has 1 aromatic carbocycles. The Hall–Kier alpha value is -0.670. The maximum Gasteiger partial charge on any atom is 0.133 e. The third-order valence-corrected chi connectivity index (χ3v) is 3.31. The summed E-state index contributed by atoms with van der Waals surface area (Å²) in [6, 6.07) is 8.21. The van der Waals surface area contributed by atoms with Crippen molar-refractivity contribution in [3.05, 3.63) is 24.3 Å². The quantitative estimate of drug-likeness (QED) is 0.735. The standard InChI is InChI=1S/C12H16O2S/c1-15-12-5-3-2-4-11(12)14-10-6-8-13-9-7-10/h2-5,10H,6-9H2,1H3. The van der Waals surface area contributed by atoms with Gasteiger partial charge in [-0.3, -0.25) is 0 Å². The molecule has 0 radical (unpaired) electrons. The van der Waals surface area contributed by atoms with Crippen LogP contribution in [0, 0.1) is 0 Å². The Morgan fingerprint density at radius 3 is 2.73 bits per heavy atom. The van der Waals surface area contributed by atoms with Crippen LogP contribution in [0.3, 0.4) is 0 Å². The van der Waals surface area contributed by atoms with Crippen molar-refractivity contribution < 1.29 is 9.47 Å². The van der Waals surface area contributed by atoms with Crippen LogP contribution in [0.1, 0.15) is 12.8 Å². The SMILES string of the molecule is CSc1ccccc1OC1CCOCC1. The Balaban J connectivity index is 2.02. The highest BCUT2D eigenvalue weighted by Gasteiger charge is 2.16. The first-order valence-corrected chi connectivity index (χ1v) is 6.50. The Kier molecular flexibility index (Phi) is 3.92. The highest BCUT2D eigenvalue weighted by atomic mass is 32.2. The molecule has 0 aromatic heterocycles. The fourth-order valence-electron chi connectivity index (χ4n) is 1.69. The van der Waals surface area contributed by atoms with E-state index in [-0.39, 0.29) is 0 Å². The zero-order valence-electron chi connectivity index (χ0n) is 8.94. The number of rotatable bonds is 3. The van der Waals surface area contributed by atoms with Gasteiger partial charge in [0.2, 0.25) is 0 Å². The smallest absolute Gasteiger partial charge is 0.133 e. The molecular weight excluding hydrogens is 208 g/mol. The fraction of sp³-hybridized carbons (Fsp3) is 0.500. The van der Waals surface area contributed by atoms with Crippen LogP contribution in [-0.4, -0.2) is 25.6 Å². The summed E-state index contributed by atoms with van der Waals surface area (Å²) in [5.74, 6) is 1.01. The van der Waals surface area contributed by atoms with Gasteiger partial charge in [-0.1, -0.05) is 12.1 Å². The molecule has 0 unspecified atom stereocenters. The summed E-state index contributed by atoms with van der Waals surface area (Å²) in [6.45, 7) is 1.65. The van der Waals surface area contributed by atoms with Gasteiger partial charge < -0.3 is 9.47 Å². The number of thioether (sulfide) groups is 1. The van der Waals surface area contributed by atoms with E-state index in [1.165, 1.54) is 4.90 Å². The lowest BCUT2D eigenvalue weighted by Crippen LogP contribution is -2.26. The molecule has 1 saturated heterocycles. The first-order chi connectivity index (χ1) is 7.40. The van der Waals surface area contributed by atoms with E-state index in [4.69, 9.17) is 9.47 Å². The van der Waals surface area contributed by atoms with E-state index in [1.54, 1.807) is 11.8 Å². The monoisotopic (exact) mass is 224 g/mol. The van der Waals surface area contributed by atoms with E-state index in [2.05, 4.69) is 12.3 Å². The molecule has 2 nitrogen and oxygen atoms in total. The van der Waals surface area contributed by atoms with Crippen LogP contribution in [0.4, 0.5) is 0 Å². The normalized spacial score (nSPS) is 17.7. The molecule has 1 aromatic rings. The summed E-state index contributed by atoms with van der Waals surface area (Å²) in [7, 11) is 0. The summed E-state index contributed by atoms with van der Waals surface area (Å²) in [5.41, 5.74) is 0. The van der Waals surface area contributed by atoms with Gasteiger partial charge >= 0.3 is 0 Å². The lowest BCUT2D eigenvalue weighted by atomic mass is 10.1. The molecule has 2 rings (SSSR count). The van der Waals surface area contributed by atoms with Gasteiger partial charge in [-0.25, -0.2) is 0 Å². The maximum absolute atomic E-state index is 5.98. The van der Waals surface area contributed by atoms with Gasteiger partial charge in [0.1, 0.15) is 11.9 Å². The fourth-order valence-corrected chi connectivity index (χ4v) is 2.22. The number of hydrogen-bond donors (Lipinski definition) is 0. The largest absolute Gasteiger partial charge is 0.489 e. The Bertz CT molecular complexity index is 308. The molecule has 0 spiro atoms. The summed E-state index contributed by atoms with van der Waals surface area (Å²) in [4.78, 5) is 1.21. The number of benzene rings is 1. The minimum absolute atomic E-state index is 0.326. The summed E-state index contributed by atoms with van der Waals surface area (Å²) in [6.07, 6.45) is 4.41. The summed E-state index contributed by atoms with van der Waals surface area (Å²) >= 11 is 1.73. The second-order valence-electron chi connectivity index (χ2n) is 3.58. The molecule has 82 valence electrons. The van der Waals surface area contributed by atoms with Crippen molar-refractivity contribution in [1.82, 2.24) is 0 Å². The van der Waals surface area contributed by atoms with Crippen molar-refractivity contribution in [2.24, 2.45) is 0 Å². The lowest BCUT2D eigenvalue weighted by molar-refractivity contribution is 0.0245. The molecule has 0 atom stereocenters. The van der Waals surface area contributed by atoms with Crippen molar-refractivity contribution in [2.75, 3.05) is 19.5 Å². The van der Waals surface area contributed by atoms with Gasteiger partial charge in [0, 0.05) is 17.7 Å². The molecule has 0 N–H and O–H groups in total. The summed E-state index contributed by atoms with van der Waals surface area (Å²) < 4.78 is 11.3. The zero-order valence-corrected chi connectivity index (χ0v) is 9.76. The second-order valence-corrected chi connectivity index (χ2v) is 4.43. The number of para-hydroxylation sites is 1. The predicted molar refractivity (Wildman–Crippen MR) is 62.7 cm³/mol. The molecule has 0 amide bonds. The molecule has 3 heteroatoms. The molecule has 0 aliphatic carbocycles. The molecule has 1 aliphatic rings. The molecular formula is C12H16O2S. The molecule has 1 aliphatic heterocycles. The van der Waals surface area contributed by atoms with Crippen LogP contribution in [0.15, 0.2) is 29.2 Å². The van der Waals surface area contributed by atoms with Gasteiger partial charge in [-0.15, -0.1) is 11.8 Å². The van der Waals surface area contributed by atoms with Crippen LogP contribution < -0.4 is 4.74 Å². The molecule has 1 heterocycles. The predicted octanol–water partition coefficient (Wildman–Crippen LogP) is 2.97. The minimum atomic E-state index is 0.326. The summed E-state index contributed by atoms with van der Waals surface area (Å²) in [5, 5.41) is 0. The van der Waals surface area contributed by atoms with E-state index in [0.717, 1.165) is 31.8 Å². The van der Waals surface area contributed by atoms with Gasteiger partial charge in [0.25, 0.3) is 0 Å². The highest BCUT2D eigenvalue weighted by Crippen LogP contribution is 2.29. The van der Waals surface area contributed by atoms with Crippen molar-refractivity contribution in [1.29, 1.82) is 0 Å². The van der Waals surface area contributed by atoms with Crippen LogP contribution in [-0.2, 0) is 4.74 Å². The first kappa shape index (κ1) is 10.8. The third kappa shape index (κ3) is 2.89. The average Bonchev–Trinajstić information content (AvgIpc) is 2.31. The van der Waals surface area contributed by atoms with E-state index in [1.807, 2.05) is 18.2 Å². The van der Waals surface area contributed by atoms with Crippen molar-refractivity contribution >= 4 is 11.8 Å². The number of ether oxygens (including phenoxy) is 2. The van der Waals surface area contributed by atoms with E-state index in [9.17, 15) is 0 Å². The molecule has 0 saturated carbocycles. The Morgan fingerprint density at radius 2 is 2.00 bits per heavy atom. The number of hydrogen-bond acceptors (Lipinski definition) is 3. The van der Waals surface area contributed by atoms with E-state index < -0.39 is 0 Å². The molecule has 1 fully saturated rings. The van der Waals surface area contributed by atoms with Crippen LogP contribution >= 0.6 is 11.8 Å². The zero-order chi connectivity index (χ0) is 10.5. The first-order valence-electron chi connectivity index (χ1n) is 5.27. The van der Waals surface area contributed by atoms with Crippen LogP contribution in [0.25, 0.3) is 0 Å². The van der Waals surface area contributed by atoms with Gasteiger partial charge in [-0.05, 0) is 18.4 Å². The molecule has 15 heavy (non-hydrogen) atoms. The topological polar surface area (TPSA) is 18.5 Å². The molecule has 0 bridgehead atoms. The Morgan fingerprint density at radius 1 is 1.27 bits per heavy atom. The van der Waals surface area contributed by atoms with Gasteiger partial charge in [0.05, 0.1) is 13.2 Å².